The molecule has 2 N–H and O–H groups in total. The SMILES string of the molecule is CCNC(=NCc1cc(-c2ccc(OC)cc2)cs1)NC1CC1.I. The molecule has 0 unspecified atom stereocenters. The van der Waals surface area contributed by atoms with Gasteiger partial charge in [0.25, 0.3) is 0 Å². The van der Waals surface area contributed by atoms with Crippen molar-refractivity contribution < 1.29 is 4.74 Å². The predicted octanol–water partition coefficient (Wildman–Crippen LogP) is 4.26. The lowest BCUT2D eigenvalue weighted by molar-refractivity contribution is 0.415. The molecule has 1 saturated carbocycles. The van der Waals surface area contributed by atoms with Crippen LogP contribution in [0.25, 0.3) is 11.1 Å². The third kappa shape index (κ3) is 5.37. The van der Waals surface area contributed by atoms with Crippen LogP contribution in [0.5, 0.6) is 5.75 Å². The maximum atomic E-state index is 5.21. The first-order chi connectivity index (χ1) is 11.3. The summed E-state index contributed by atoms with van der Waals surface area (Å²) in [4.78, 5) is 5.95. The van der Waals surface area contributed by atoms with E-state index in [9.17, 15) is 0 Å². The van der Waals surface area contributed by atoms with E-state index in [0.717, 1.165) is 18.3 Å². The Morgan fingerprint density at radius 1 is 1.25 bits per heavy atom. The van der Waals surface area contributed by atoms with Crippen LogP contribution in [0.2, 0.25) is 0 Å². The molecule has 1 aromatic heterocycles. The van der Waals surface area contributed by atoms with Gasteiger partial charge in [-0.2, -0.15) is 0 Å². The van der Waals surface area contributed by atoms with Gasteiger partial charge in [0, 0.05) is 17.5 Å². The molecule has 24 heavy (non-hydrogen) atoms. The van der Waals surface area contributed by atoms with Crippen molar-refractivity contribution in [3.05, 3.63) is 40.6 Å². The largest absolute Gasteiger partial charge is 0.497 e. The van der Waals surface area contributed by atoms with Gasteiger partial charge in [-0.3, -0.25) is 0 Å². The fourth-order valence-electron chi connectivity index (χ4n) is 2.30. The molecule has 6 heteroatoms. The Labute approximate surface area is 164 Å². The van der Waals surface area contributed by atoms with Gasteiger partial charge in [-0.15, -0.1) is 35.3 Å². The molecule has 2 aromatic rings. The third-order valence-corrected chi connectivity index (χ3v) is 4.65. The zero-order chi connectivity index (χ0) is 16.1. The first-order valence-electron chi connectivity index (χ1n) is 8.05. The van der Waals surface area contributed by atoms with E-state index in [2.05, 4.69) is 46.1 Å². The van der Waals surface area contributed by atoms with Crippen LogP contribution in [-0.4, -0.2) is 25.7 Å². The van der Waals surface area contributed by atoms with E-state index in [0.29, 0.717) is 12.6 Å². The van der Waals surface area contributed by atoms with Crippen LogP contribution in [-0.2, 0) is 6.54 Å². The highest BCUT2D eigenvalue weighted by Crippen LogP contribution is 2.27. The standard InChI is InChI=1S/C18H23N3OS.HI/c1-3-19-18(21-15-6-7-15)20-11-17-10-14(12-23-17)13-4-8-16(22-2)9-5-13;/h4-5,8-10,12,15H,3,6-7,11H2,1-2H3,(H2,19,20,21);1H. The highest BCUT2D eigenvalue weighted by Gasteiger charge is 2.22. The van der Waals surface area contributed by atoms with Gasteiger partial charge in [-0.05, 0) is 54.5 Å². The lowest BCUT2D eigenvalue weighted by Gasteiger charge is -2.09. The molecule has 0 spiro atoms. The number of methoxy groups -OCH3 is 1. The van der Waals surface area contributed by atoms with Crippen LogP contribution in [0, 0.1) is 0 Å². The van der Waals surface area contributed by atoms with Crippen LogP contribution >= 0.6 is 35.3 Å². The number of benzene rings is 1. The number of halogens is 1. The average Bonchev–Trinajstić information content (AvgIpc) is 3.27. The lowest BCUT2D eigenvalue weighted by atomic mass is 10.1. The van der Waals surface area contributed by atoms with Crippen LogP contribution in [0.1, 0.15) is 24.6 Å². The highest BCUT2D eigenvalue weighted by molar-refractivity contribution is 14.0. The first-order valence-corrected chi connectivity index (χ1v) is 8.93. The number of thiophene rings is 1. The van der Waals surface area contributed by atoms with Crippen molar-refractivity contribution in [2.75, 3.05) is 13.7 Å². The Hall–Kier alpha value is -1.28. The van der Waals surface area contributed by atoms with Crippen molar-refractivity contribution in [1.29, 1.82) is 0 Å². The van der Waals surface area contributed by atoms with E-state index >= 15 is 0 Å². The van der Waals surface area contributed by atoms with Crippen molar-refractivity contribution in [3.8, 4) is 16.9 Å². The zero-order valence-electron chi connectivity index (χ0n) is 14.0. The summed E-state index contributed by atoms with van der Waals surface area (Å²) in [5.41, 5.74) is 2.45. The van der Waals surface area contributed by atoms with Crippen molar-refractivity contribution >= 4 is 41.3 Å². The molecule has 0 aliphatic heterocycles. The quantitative estimate of drug-likeness (QED) is 0.387. The van der Waals surface area contributed by atoms with Gasteiger partial charge >= 0.3 is 0 Å². The topological polar surface area (TPSA) is 45.7 Å². The van der Waals surface area contributed by atoms with Gasteiger partial charge in [-0.25, -0.2) is 4.99 Å². The number of hydrogen-bond acceptors (Lipinski definition) is 3. The molecule has 0 amide bonds. The van der Waals surface area contributed by atoms with Gasteiger partial charge in [0.15, 0.2) is 5.96 Å². The molecule has 1 heterocycles. The molecule has 1 aliphatic carbocycles. The maximum Gasteiger partial charge on any atom is 0.191 e. The average molecular weight is 457 g/mol. The number of rotatable bonds is 6. The predicted molar refractivity (Wildman–Crippen MR) is 113 cm³/mol. The maximum absolute atomic E-state index is 5.21. The van der Waals surface area contributed by atoms with Crippen LogP contribution in [0.4, 0.5) is 0 Å². The summed E-state index contributed by atoms with van der Waals surface area (Å²) < 4.78 is 5.21. The molecule has 1 aromatic carbocycles. The number of guanidine groups is 1. The number of hydrogen-bond donors (Lipinski definition) is 2. The number of nitrogens with one attached hydrogen (secondary N) is 2. The highest BCUT2D eigenvalue weighted by atomic mass is 127. The Morgan fingerprint density at radius 2 is 2.00 bits per heavy atom. The summed E-state index contributed by atoms with van der Waals surface area (Å²) in [7, 11) is 1.69. The second-order valence-corrected chi connectivity index (χ2v) is 6.64. The van der Waals surface area contributed by atoms with Gasteiger partial charge < -0.3 is 15.4 Å². The molecule has 3 rings (SSSR count). The summed E-state index contributed by atoms with van der Waals surface area (Å²) in [5, 5.41) is 8.94. The number of nitrogens with zero attached hydrogens (tertiary/aromatic N) is 1. The second kappa shape index (κ2) is 9.27. The molecular formula is C18H24IN3OS. The minimum atomic E-state index is 0. The lowest BCUT2D eigenvalue weighted by Crippen LogP contribution is -2.38. The molecule has 1 fully saturated rings. The normalized spacial score (nSPS) is 14.0. The number of ether oxygens (including phenoxy) is 1. The molecule has 0 saturated heterocycles. The molecule has 1 aliphatic rings. The van der Waals surface area contributed by atoms with Crippen LogP contribution in [0.3, 0.4) is 0 Å². The molecule has 130 valence electrons. The molecular weight excluding hydrogens is 433 g/mol. The zero-order valence-corrected chi connectivity index (χ0v) is 17.2. The van der Waals surface area contributed by atoms with E-state index in [1.54, 1.807) is 18.4 Å². The van der Waals surface area contributed by atoms with Crippen molar-refractivity contribution in [2.45, 2.75) is 32.4 Å². The van der Waals surface area contributed by atoms with Gasteiger partial charge in [0.05, 0.1) is 13.7 Å². The second-order valence-electron chi connectivity index (χ2n) is 5.64. The van der Waals surface area contributed by atoms with E-state index in [1.807, 2.05) is 12.1 Å². The smallest absolute Gasteiger partial charge is 0.191 e. The minimum Gasteiger partial charge on any atom is -0.497 e. The minimum absolute atomic E-state index is 0. The Bertz CT molecular complexity index is 665. The van der Waals surface area contributed by atoms with Crippen molar-refractivity contribution in [2.24, 2.45) is 4.99 Å². The Kier molecular flexibility index (Phi) is 7.36. The van der Waals surface area contributed by atoms with E-state index in [-0.39, 0.29) is 24.0 Å². The van der Waals surface area contributed by atoms with E-state index < -0.39 is 0 Å². The summed E-state index contributed by atoms with van der Waals surface area (Å²) in [6.45, 7) is 3.69. The third-order valence-electron chi connectivity index (χ3n) is 3.73. The van der Waals surface area contributed by atoms with E-state index in [1.165, 1.54) is 28.8 Å². The molecule has 4 nitrogen and oxygen atoms in total. The van der Waals surface area contributed by atoms with E-state index in [4.69, 9.17) is 4.74 Å². The van der Waals surface area contributed by atoms with Crippen molar-refractivity contribution in [1.82, 2.24) is 10.6 Å². The fourth-order valence-corrected chi connectivity index (χ4v) is 3.11. The summed E-state index contributed by atoms with van der Waals surface area (Å²) in [6, 6.07) is 11.0. The summed E-state index contributed by atoms with van der Waals surface area (Å²) in [6.07, 6.45) is 2.51. The van der Waals surface area contributed by atoms with Gasteiger partial charge in [0.2, 0.25) is 0 Å². The first kappa shape index (κ1) is 19.1. The summed E-state index contributed by atoms with van der Waals surface area (Å²) >= 11 is 1.76. The van der Waals surface area contributed by atoms with Gasteiger partial charge in [0.1, 0.15) is 5.75 Å². The van der Waals surface area contributed by atoms with Crippen LogP contribution in [0.15, 0.2) is 40.7 Å². The molecule has 0 radical (unpaired) electrons. The van der Waals surface area contributed by atoms with Crippen molar-refractivity contribution in [3.63, 3.8) is 0 Å². The van der Waals surface area contributed by atoms with Crippen LogP contribution < -0.4 is 15.4 Å². The Balaban J connectivity index is 0.00000208. The summed E-state index contributed by atoms with van der Waals surface area (Å²) in [5.74, 6) is 1.81. The molecule has 0 atom stereocenters. The van der Waals surface area contributed by atoms with Gasteiger partial charge in [-0.1, -0.05) is 12.1 Å². The fraction of sp³-hybridized carbons (Fsp3) is 0.389. The monoisotopic (exact) mass is 457 g/mol. The number of aliphatic imine (C=N–C) groups is 1. The Morgan fingerprint density at radius 3 is 2.62 bits per heavy atom. The molecule has 0 bridgehead atoms.